The summed E-state index contributed by atoms with van der Waals surface area (Å²) >= 11 is 0. The van der Waals surface area contributed by atoms with Gasteiger partial charge in [-0.2, -0.15) is 18.3 Å². The summed E-state index contributed by atoms with van der Waals surface area (Å²) in [5.74, 6) is -0.362. The second-order valence-corrected chi connectivity index (χ2v) is 8.16. The number of hydrogen-bond donors (Lipinski definition) is 1. The van der Waals surface area contributed by atoms with Gasteiger partial charge in [0.15, 0.2) is 0 Å². The van der Waals surface area contributed by atoms with Gasteiger partial charge >= 0.3 is 6.18 Å². The van der Waals surface area contributed by atoms with Crippen molar-refractivity contribution in [2.45, 2.75) is 19.1 Å². The zero-order valence-electron chi connectivity index (χ0n) is 18.8. The fourth-order valence-electron chi connectivity index (χ4n) is 4.04. The normalized spacial score (nSPS) is 12.6. The molecule has 1 amide bonds. The van der Waals surface area contributed by atoms with Gasteiger partial charge in [0, 0.05) is 22.8 Å². The van der Waals surface area contributed by atoms with Gasteiger partial charge in [-0.15, -0.1) is 5.10 Å². The third kappa shape index (κ3) is 4.17. The molecule has 0 saturated carbocycles. The summed E-state index contributed by atoms with van der Waals surface area (Å²) in [5.41, 5.74) is 0.631. The van der Waals surface area contributed by atoms with E-state index < -0.39 is 17.3 Å². The van der Waals surface area contributed by atoms with Crippen molar-refractivity contribution in [2.24, 2.45) is 0 Å². The maximum Gasteiger partial charge on any atom is 0.416 e. The summed E-state index contributed by atoms with van der Waals surface area (Å²) in [6.07, 6.45) is -1.50. The lowest BCUT2D eigenvalue weighted by Crippen LogP contribution is -2.27. The number of carbonyl (C=O) groups is 1. The molecule has 3 aromatic heterocycles. The quantitative estimate of drug-likeness (QED) is 0.365. The van der Waals surface area contributed by atoms with Gasteiger partial charge in [0.2, 0.25) is 0 Å². The van der Waals surface area contributed by atoms with E-state index in [2.05, 4.69) is 20.5 Å². The lowest BCUT2D eigenvalue weighted by Gasteiger charge is -2.16. The number of pyridine rings is 2. The van der Waals surface area contributed by atoms with Crippen LogP contribution >= 0.6 is 0 Å². The molecule has 0 spiro atoms. The molecule has 5 aromatic rings. The van der Waals surface area contributed by atoms with Gasteiger partial charge in [-0.25, -0.2) is 0 Å². The van der Waals surface area contributed by atoms with Gasteiger partial charge in [0.05, 0.1) is 34.4 Å². The molecule has 0 unspecified atom stereocenters. The van der Waals surface area contributed by atoms with Crippen LogP contribution in [-0.2, 0) is 6.18 Å². The first kappa shape index (κ1) is 23.2. The molecule has 36 heavy (non-hydrogen) atoms. The average Bonchev–Trinajstić information content (AvgIpc) is 2.89. The monoisotopic (exact) mass is 489 g/mol. The number of fused-ring (bicyclic) bond motifs is 3. The van der Waals surface area contributed by atoms with Crippen LogP contribution in [0.2, 0.25) is 0 Å². The number of carbonyl (C=O) groups excluding carboxylic acids is 1. The first-order valence-corrected chi connectivity index (χ1v) is 10.9. The number of halogens is 3. The first-order valence-electron chi connectivity index (χ1n) is 10.9. The number of alkyl halides is 3. The van der Waals surface area contributed by atoms with E-state index in [0.29, 0.717) is 22.2 Å². The molecule has 10 heteroatoms. The Morgan fingerprint density at radius 3 is 2.44 bits per heavy atom. The zero-order chi connectivity index (χ0) is 25.4. The Labute approximate surface area is 202 Å². The second kappa shape index (κ2) is 8.88. The molecule has 5 rings (SSSR count). The lowest BCUT2D eigenvalue weighted by molar-refractivity contribution is -0.137. The minimum absolute atomic E-state index is 0.219. The molecule has 0 bridgehead atoms. The number of nitrogens with one attached hydrogen (secondary N) is 1. The molecule has 1 N–H and O–H groups in total. The van der Waals surface area contributed by atoms with E-state index in [1.54, 1.807) is 36.5 Å². The lowest BCUT2D eigenvalue weighted by atomic mass is 10.1. The molecule has 2 aromatic carbocycles. The number of benzene rings is 2. The number of hydrogen-bond acceptors (Lipinski definition) is 5. The van der Waals surface area contributed by atoms with Crippen LogP contribution in [0.5, 0.6) is 0 Å². The molecular weight excluding hydrogens is 471 g/mol. The van der Waals surface area contributed by atoms with Crippen molar-refractivity contribution in [2.75, 3.05) is 0 Å². The van der Waals surface area contributed by atoms with Crippen LogP contribution in [0.25, 0.3) is 27.5 Å². The van der Waals surface area contributed by atoms with Crippen molar-refractivity contribution >= 4 is 27.7 Å². The highest BCUT2D eigenvalue weighted by Crippen LogP contribution is 2.30. The van der Waals surface area contributed by atoms with E-state index >= 15 is 0 Å². The summed E-state index contributed by atoms with van der Waals surface area (Å²) in [6.45, 7) is 1.81. The Hall–Kier alpha value is -4.60. The second-order valence-electron chi connectivity index (χ2n) is 8.16. The highest BCUT2D eigenvalue weighted by molar-refractivity contribution is 6.07. The fraction of sp³-hybridized carbons (Fsp3) is 0.115. The third-order valence-corrected chi connectivity index (χ3v) is 5.84. The molecule has 0 saturated heterocycles. The van der Waals surface area contributed by atoms with E-state index in [-0.39, 0.29) is 28.5 Å². The molecule has 3 heterocycles. The predicted molar refractivity (Wildman–Crippen MR) is 128 cm³/mol. The van der Waals surface area contributed by atoms with E-state index in [9.17, 15) is 22.8 Å². The smallest absolute Gasteiger partial charge is 0.344 e. The molecule has 7 nitrogen and oxygen atoms in total. The van der Waals surface area contributed by atoms with Gasteiger partial charge in [0.1, 0.15) is 5.52 Å². The van der Waals surface area contributed by atoms with Gasteiger partial charge in [0.25, 0.3) is 11.5 Å². The van der Waals surface area contributed by atoms with Crippen LogP contribution in [0.3, 0.4) is 0 Å². The summed E-state index contributed by atoms with van der Waals surface area (Å²) in [6, 6.07) is 15.6. The fourth-order valence-corrected chi connectivity index (χ4v) is 4.04. The van der Waals surface area contributed by atoms with Crippen molar-refractivity contribution in [3.05, 3.63) is 106 Å². The highest BCUT2D eigenvalue weighted by Gasteiger charge is 2.30. The van der Waals surface area contributed by atoms with Crippen LogP contribution in [0.4, 0.5) is 13.2 Å². The summed E-state index contributed by atoms with van der Waals surface area (Å²) in [7, 11) is 0. The molecular formula is C26H18F3N5O2. The Morgan fingerprint density at radius 2 is 1.75 bits per heavy atom. The largest absolute Gasteiger partial charge is 0.416 e. The van der Waals surface area contributed by atoms with Gasteiger partial charge in [-0.1, -0.05) is 6.07 Å². The Kier molecular flexibility index (Phi) is 5.71. The molecule has 1 atom stereocenters. The number of rotatable bonds is 4. The average molecular weight is 489 g/mol. The molecule has 0 aliphatic carbocycles. The van der Waals surface area contributed by atoms with Crippen molar-refractivity contribution in [3.63, 3.8) is 0 Å². The van der Waals surface area contributed by atoms with Crippen LogP contribution in [0.15, 0.2) is 83.9 Å². The Bertz CT molecular complexity index is 1650. The van der Waals surface area contributed by atoms with Gasteiger partial charge in [-0.3, -0.25) is 19.1 Å². The van der Waals surface area contributed by atoms with Crippen LogP contribution in [0, 0.1) is 0 Å². The molecule has 0 aliphatic rings. The molecule has 180 valence electrons. The number of nitrogens with zero attached hydrogens (tertiary/aromatic N) is 4. The van der Waals surface area contributed by atoms with Crippen LogP contribution in [0.1, 0.15) is 34.6 Å². The van der Waals surface area contributed by atoms with Crippen LogP contribution in [-0.4, -0.2) is 25.7 Å². The minimum Gasteiger partial charge on any atom is -0.344 e. The van der Waals surface area contributed by atoms with Gasteiger partial charge in [-0.05, 0) is 67.6 Å². The number of amides is 1. The van der Waals surface area contributed by atoms with E-state index in [1.807, 2.05) is 13.0 Å². The van der Waals surface area contributed by atoms with E-state index in [0.717, 1.165) is 12.1 Å². The van der Waals surface area contributed by atoms with E-state index in [1.165, 1.54) is 29.0 Å². The third-order valence-electron chi connectivity index (χ3n) is 5.84. The molecule has 0 radical (unpaired) electrons. The first-order chi connectivity index (χ1) is 17.2. The van der Waals surface area contributed by atoms with Crippen molar-refractivity contribution in [1.29, 1.82) is 0 Å². The SMILES string of the molecule is C[C@H](NC(=O)c1ccc2c(c1)c1nnccc1c(=O)n2-c1ccc(C(F)(F)F)cc1)c1ccccn1. The summed E-state index contributed by atoms with van der Waals surface area (Å²) < 4.78 is 40.5. The maximum atomic E-state index is 13.3. The minimum atomic E-state index is -4.50. The highest BCUT2D eigenvalue weighted by atomic mass is 19.4. The van der Waals surface area contributed by atoms with Crippen LogP contribution < -0.4 is 10.9 Å². The van der Waals surface area contributed by atoms with Crippen molar-refractivity contribution in [3.8, 4) is 5.69 Å². The standard InChI is InChI=1S/C26H18F3N5O2/c1-15(21-4-2-3-12-30-21)32-24(35)16-5-10-22-20(14-16)23-19(11-13-31-33-23)25(36)34(22)18-8-6-17(7-9-18)26(27,28)29/h2-15H,1H3,(H,32,35)/t15-/m0/s1. The van der Waals surface area contributed by atoms with Crippen molar-refractivity contribution in [1.82, 2.24) is 25.1 Å². The molecule has 0 aliphatic heterocycles. The maximum absolute atomic E-state index is 13.3. The summed E-state index contributed by atoms with van der Waals surface area (Å²) in [4.78, 5) is 30.6. The summed E-state index contributed by atoms with van der Waals surface area (Å²) in [5, 5.41) is 11.5. The molecule has 0 fully saturated rings. The van der Waals surface area contributed by atoms with Gasteiger partial charge < -0.3 is 5.32 Å². The van der Waals surface area contributed by atoms with E-state index in [4.69, 9.17) is 0 Å². The predicted octanol–water partition coefficient (Wildman–Crippen LogP) is 4.84. The van der Waals surface area contributed by atoms with Crippen molar-refractivity contribution < 1.29 is 18.0 Å². The Morgan fingerprint density at radius 1 is 0.972 bits per heavy atom. The topological polar surface area (TPSA) is 89.8 Å². The Balaban J connectivity index is 1.63. The number of aromatic nitrogens is 4. The zero-order valence-corrected chi connectivity index (χ0v) is 18.8.